The van der Waals surface area contributed by atoms with Gasteiger partial charge in [-0.25, -0.2) is 4.79 Å². The highest BCUT2D eigenvalue weighted by Gasteiger charge is 2.35. The van der Waals surface area contributed by atoms with Gasteiger partial charge in [-0.15, -0.1) is 0 Å². The van der Waals surface area contributed by atoms with Crippen molar-refractivity contribution in [3.8, 4) is 5.75 Å². The molecule has 0 aliphatic heterocycles. The fraction of sp³-hybridized carbons (Fsp3) is 0.483. The van der Waals surface area contributed by atoms with Crippen LogP contribution in [-0.4, -0.2) is 31.1 Å². The molecule has 2 fully saturated rings. The summed E-state index contributed by atoms with van der Waals surface area (Å²) in [6.45, 7) is 3.46. The second kappa shape index (κ2) is 12.0. The van der Waals surface area contributed by atoms with E-state index in [1.54, 1.807) is 0 Å². The standard InChI is InChI=1S/C29H34O6/c1-2-27(30)33-18-19-34-28(31)23-14-10-20(11-15-23)21-12-16-24(17-13-21)29(32)35-26-9-5-7-22-6-3-4-8-25(22)26/h2-9,20-21,23-24H,1,10-19H2. The van der Waals surface area contributed by atoms with E-state index < -0.39 is 5.97 Å². The highest BCUT2D eigenvalue weighted by Crippen LogP contribution is 2.42. The van der Waals surface area contributed by atoms with E-state index in [0.29, 0.717) is 17.6 Å². The first-order valence-electron chi connectivity index (χ1n) is 12.7. The van der Waals surface area contributed by atoms with E-state index in [2.05, 4.69) is 6.58 Å². The Bertz CT molecular complexity index is 1040. The summed E-state index contributed by atoms with van der Waals surface area (Å²) in [6.07, 6.45) is 8.57. The molecule has 0 radical (unpaired) electrons. The van der Waals surface area contributed by atoms with Gasteiger partial charge in [-0.3, -0.25) is 9.59 Å². The molecule has 2 aliphatic rings. The molecule has 0 unspecified atom stereocenters. The average Bonchev–Trinajstić information content (AvgIpc) is 2.91. The topological polar surface area (TPSA) is 78.9 Å². The van der Waals surface area contributed by atoms with Gasteiger partial charge < -0.3 is 14.2 Å². The Hall–Kier alpha value is -3.15. The van der Waals surface area contributed by atoms with Crippen LogP contribution < -0.4 is 4.74 Å². The van der Waals surface area contributed by atoms with Crippen molar-refractivity contribution in [3.63, 3.8) is 0 Å². The minimum atomic E-state index is -0.516. The molecule has 2 aromatic rings. The molecular weight excluding hydrogens is 444 g/mol. The van der Waals surface area contributed by atoms with Crippen LogP contribution in [0.2, 0.25) is 0 Å². The number of ether oxygens (including phenoxy) is 3. The lowest BCUT2D eigenvalue weighted by Gasteiger charge is -2.36. The number of fused-ring (bicyclic) bond motifs is 1. The summed E-state index contributed by atoms with van der Waals surface area (Å²) in [5.74, 6) is 0.884. The minimum Gasteiger partial charge on any atom is -0.462 e. The zero-order chi connectivity index (χ0) is 24.6. The van der Waals surface area contributed by atoms with E-state index in [9.17, 15) is 14.4 Å². The van der Waals surface area contributed by atoms with E-state index in [1.165, 1.54) is 0 Å². The predicted octanol–water partition coefficient (Wildman–Crippen LogP) is 5.63. The first kappa shape index (κ1) is 25.0. The summed E-state index contributed by atoms with van der Waals surface area (Å²) in [6, 6.07) is 13.8. The maximum Gasteiger partial charge on any atom is 0.330 e. The van der Waals surface area contributed by atoms with Gasteiger partial charge in [0.2, 0.25) is 0 Å². The molecule has 2 saturated carbocycles. The van der Waals surface area contributed by atoms with Crippen molar-refractivity contribution in [1.29, 1.82) is 0 Å². The molecule has 2 aliphatic carbocycles. The molecular formula is C29H34O6. The molecule has 0 N–H and O–H groups in total. The van der Waals surface area contributed by atoms with Gasteiger partial charge in [-0.1, -0.05) is 43.0 Å². The summed E-state index contributed by atoms with van der Waals surface area (Å²) in [5, 5.41) is 2.03. The van der Waals surface area contributed by atoms with Crippen LogP contribution in [0.25, 0.3) is 10.8 Å². The lowest BCUT2D eigenvalue weighted by atomic mass is 9.69. The van der Waals surface area contributed by atoms with Gasteiger partial charge in [0.25, 0.3) is 0 Å². The van der Waals surface area contributed by atoms with Crippen LogP contribution in [-0.2, 0) is 23.9 Å². The quantitative estimate of drug-likeness (QED) is 0.212. The zero-order valence-corrected chi connectivity index (χ0v) is 20.2. The van der Waals surface area contributed by atoms with Crippen LogP contribution in [0, 0.1) is 23.7 Å². The monoisotopic (exact) mass is 478 g/mol. The van der Waals surface area contributed by atoms with Gasteiger partial charge in [-0.2, -0.15) is 0 Å². The van der Waals surface area contributed by atoms with E-state index in [0.717, 1.165) is 68.2 Å². The molecule has 4 rings (SSSR count). The molecule has 6 nitrogen and oxygen atoms in total. The third-order valence-electron chi connectivity index (χ3n) is 7.58. The molecule has 0 saturated heterocycles. The van der Waals surface area contributed by atoms with Crippen molar-refractivity contribution < 1.29 is 28.6 Å². The summed E-state index contributed by atoms with van der Waals surface area (Å²) >= 11 is 0. The largest absolute Gasteiger partial charge is 0.462 e. The Morgan fingerprint density at radius 2 is 1.31 bits per heavy atom. The molecule has 0 bridgehead atoms. The molecule has 0 spiro atoms. The van der Waals surface area contributed by atoms with E-state index in [-0.39, 0.29) is 37.0 Å². The molecule has 186 valence electrons. The zero-order valence-electron chi connectivity index (χ0n) is 20.2. The van der Waals surface area contributed by atoms with Crippen LogP contribution in [0.15, 0.2) is 55.1 Å². The number of esters is 3. The van der Waals surface area contributed by atoms with Crippen LogP contribution >= 0.6 is 0 Å². The molecule has 0 amide bonds. The maximum absolute atomic E-state index is 12.9. The van der Waals surface area contributed by atoms with Crippen molar-refractivity contribution in [2.75, 3.05) is 13.2 Å². The highest BCUT2D eigenvalue weighted by molar-refractivity contribution is 5.90. The number of hydrogen-bond donors (Lipinski definition) is 0. The van der Waals surface area contributed by atoms with E-state index in [1.807, 2.05) is 42.5 Å². The van der Waals surface area contributed by atoms with Gasteiger partial charge >= 0.3 is 17.9 Å². The second-order valence-corrected chi connectivity index (χ2v) is 9.66. The van der Waals surface area contributed by atoms with Crippen molar-refractivity contribution in [3.05, 3.63) is 55.1 Å². The first-order valence-corrected chi connectivity index (χ1v) is 12.7. The fourth-order valence-electron chi connectivity index (χ4n) is 5.59. The third-order valence-corrected chi connectivity index (χ3v) is 7.58. The number of hydrogen-bond acceptors (Lipinski definition) is 6. The van der Waals surface area contributed by atoms with Crippen LogP contribution in [0.3, 0.4) is 0 Å². The Kier molecular flexibility index (Phi) is 8.56. The molecule has 0 atom stereocenters. The fourth-order valence-corrected chi connectivity index (χ4v) is 5.59. The Balaban J connectivity index is 1.18. The Morgan fingerprint density at radius 3 is 1.97 bits per heavy atom. The average molecular weight is 479 g/mol. The third kappa shape index (κ3) is 6.50. The van der Waals surface area contributed by atoms with Gasteiger partial charge in [0, 0.05) is 11.5 Å². The van der Waals surface area contributed by atoms with Gasteiger partial charge in [-0.05, 0) is 74.7 Å². The number of carbonyl (C=O) groups is 3. The normalized spacial score (nSPS) is 24.3. The summed E-state index contributed by atoms with van der Waals surface area (Å²) in [4.78, 5) is 36.2. The molecule has 6 heteroatoms. The maximum atomic E-state index is 12.9. The lowest BCUT2D eigenvalue weighted by Crippen LogP contribution is -2.31. The first-order chi connectivity index (χ1) is 17.0. The SMILES string of the molecule is C=CC(=O)OCCOC(=O)C1CCC(C2CCC(C(=O)Oc3cccc4ccccc34)CC2)CC1. The predicted molar refractivity (Wildman–Crippen MR) is 133 cm³/mol. The van der Waals surface area contributed by atoms with Crippen LogP contribution in [0.4, 0.5) is 0 Å². The van der Waals surface area contributed by atoms with Crippen LogP contribution in [0.5, 0.6) is 5.75 Å². The number of carbonyl (C=O) groups excluding carboxylic acids is 3. The number of benzene rings is 2. The summed E-state index contributed by atoms with van der Waals surface area (Å²) < 4.78 is 15.9. The van der Waals surface area contributed by atoms with Gasteiger partial charge in [0.15, 0.2) is 0 Å². The lowest BCUT2D eigenvalue weighted by molar-refractivity contribution is -0.154. The van der Waals surface area contributed by atoms with Gasteiger partial charge in [0.05, 0.1) is 11.8 Å². The Labute approximate surface area is 206 Å². The number of rotatable bonds is 8. The van der Waals surface area contributed by atoms with E-state index >= 15 is 0 Å². The van der Waals surface area contributed by atoms with E-state index in [4.69, 9.17) is 14.2 Å². The molecule has 0 aromatic heterocycles. The second-order valence-electron chi connectivity index (χ2n) is 9.66. The molecule has 35 heavy (non-hydrogen) atoms. The van der Waals surface area contributed by atoms with Crippen LogP contribution in [0.1, 0.15) is 51.4 Å². The van der Waals surface area contributed by atoms with Crippen molar-refractivity contribution in [2.45, 2.75) is 51.4 Å². The Morgan fingerprint density at radius 1 is 0.743 bits per heavy atom. The minimum absolute atomic E-state index is 0.0493. The van der Waals surface area contributed by atoms with Crippen molar-refractivity contribution in [2.24, 2.45) is 23.7 Å². The summed E-state index contributed by atoms with van der Waals surface area (Å²) in [5.41, 5.74) is 0. The van der Waals surface area contributed by atoms with Crippen molar-refractivity contribution in [1.82, 2.24) is 0 Å². The molecule has 2 aromatic carbocycles. The molecule has 0 heterocycles. The summed E-state index contributed by atoms with van der Waals surface area (Å²) in [7, 11) is 0. The highest BCUT2D eigenvalue weighted by atomic mass is 16.6. The van der Waals surface area contributed by atoms with Crippen molar-refractivity contribution >= 4 is 28.7 Å². The smallest absolute Gasteiger partial charge is 0.330 e. The van der Waals surface area contributed by atoms with Gasteiger partial charge in [0.1, 0.15) is 19.0 Å².